The van der Waals surface area contributed by atoms with Crippen molar-refractivity contribution in [2.75, 3.05) is 37.1 Å². The summed E-state index contributed by atoms with van der Waals surface area (Å²) >= 11 is 0. The molecule has 0 fully saturated rings. The summed E-state index contributed by atoms with van der Waals surface area (Å²) in [5.74, 6) is 1.80. The molecule has 146 valence electrons. The zero-order chi connectivity index (χ0) is 19.9. The van der Waals surface area contributed by atoms with Crippen molar-refractivity contribution in [3.63, 3.8) is 0 Å². The molecule has 0 aliphatic heterocycles. The third-order valence-corrected chi connectivity index (χ3v) is 4.16. The molecule has 0 aliphatic carbocycles. The minimum absolute atomic E-state index is 0.296. The predicted octanol–water partition coefficient (Wildman–Crippen LogP) is 3.61. The van der Waals surface area contributed by atoms with E-state index in [9.17, 15) is 4.39 Å². The van der Waals surface area contributed by atoms with Crippen LogP contribution in [0.1, 0.15) is 5.56 Å². The van der Waals surface area contributed by atoms with Gasteiger partial charge in [-0.05, 0) is 36.2 Å². The summed E-state index contributed by atoms with van der Waals surface area (Å²) in [5, 5.41) is 6.08. The van der Waals surface area contributed by atoms with Crippen molar-refractivity contribution in [2.45, 2.75) is 6.42 Å². The highest BCUT2D eigenvalue weighted by Gasteiger charge is 2.10. The van der Waals surface area contributed by atoms with Crippen LogP contribution in [0.4, 0.5) is 27.4 Å². The smallest absolute Gasteiger partial charge is 0.160 e. The standard InChI is InChI=1S/C20H22FN5O2/c1-27-16-8-7-13(11-17(16)28-2)9-10-23-19-18(22)20(25-12-24-19)26-15-6-4-3-5-14(15)21/h3-8,11-12H,9-10,22H2,1-2H3,(H2,23,24,25,26). The van der Waals surface area contributed by atoms with E-state index < -0.39 is 0 Å². The number of halogens is 1. The fourth-order valence-electron chi connectivity index (χ4n) is 2.69. The molecule has 0 amide bonds. The second-order valence-corrected chi connectivity index (χ2v) is 5.96. The fraction of sp³-hybridized carbons (Fsp3) is 0.200. The number of ether oxygens (including phenoxy) is 2. The van der Waals surface area contributed by atoms with Crippen LogP contribution in [-0.4, -0.2) is 30.7 Å². The van der Waals surface area contributed by atoms with Gasteiger partial charge < -0.3 is 25.8 Å². The molecule has 1 aromatic heterocycles. The summed E-state index contributed by atoms with van der Waals surface area (Å²) in [5.41, 5.74) is 7.82. The lowest BCUT2D eigenvalue weighted by Gasteiger charge is -2.13. The minimum atomic E-state index is -0.386. The summed E-state index contributed by atoms with van der Waals surface area (Å²) in [4.78, 5) is 8.27. The van der Waals surface area contributed by atoms with Crippen molar-refractivity contribution in [2.24, 2.45) is 0 Å². The molecule has 3 rings (SSSR count). The van der Waals surface area contributed by atoms with Crippen molar-refractivity contribution in [3.8, 4) is 11.5 Å². The van der Waals surface area contributed by atoms with E-state index >= 15 is 0 Å². The van der Waals surface area contributed by atoms with Gasteiger partial charge in [0.15, 0.2) is 23.1 Å². The first kappa shape index (κ1) is 19.2. The van der Waals surface area contributed by atoms with E-state index in [1.807, 2.05) is 18.2 Å². The van der Waals surface area contributed by atoms with Crippen LogP contribution in [0.5, 0.6) is 11.5 Å². The van der Waals surface area contributed by atoms with Crippen molar-refractivity contribution < 1.29 is 13.9 Å². The van der Waals surface area contributed by atoms with Gasteiger partial charge >= 0.3 is 0 Å². The Morgan fingerprint density at radius 3 is 2.50 bits per heavy atom. The first-order valence-electron chi connectivity index (χ1n) is 8.69. The molecule has 1 heterocycles. The van der Waals surface area contributed by atoms with Crippen LogP contribution in [-0.2, 0) is 6.42 Å². The molecule has 0 unspecified atom stereocenters. The second-order valence-electron chi connectivity index (χ2n) is 5.96. The van der Waals surface area contributed by atoms with Crippen LogP contribution in [0.2, 0.25) is 0 Å². The Morgan fingerprint density at radius 1 is 1.00 bits per heavy atom. The number of hydrogen-bond acceptors (Lipinski definition) is 7. The van der Waals surface area contributed by atoms with E-state index in [2.05, 4.69) is 20.6 Å². The molecule has 7 nitrogen and oxygen atoms in total. The molecule has 8 heteroatoms. The SMILES string of the molecule is COc1ccc(CCNc2ncnc(Nc3ccccc3F)c2N)cc1OC. The highest BCUT2D eigenvalue weighted by molar-refractivity contribution is 5.77. The van der Waals surface area contributed by atoms with E-state index in [0.717, 1.165) is 12.0 Å². The third-order valence-electron chi connectivity index (χ3n) is 4.16. The second kappa shape index (κ2) is 8.90. The monoisotopic (exact) mass is 383 g/mol. The van der Waals surface area contributed by atoms with Crippen LogP contribution < -0.4 is 25.8 Å². The van der Waals surface area contributed by atoms with Crippen LogP contribution in [0.15, 0.2) is 48.8 Å². The number of nitrogens with zero attached hydrogens (tertiary/aromatic N) is 2. The Bertz CT molecular complexity index is 952. The average molecular weight is 383 g/mol. The zero-order valence-electron chi connectivity index (χ0n) is 15.7. The number of nitrogens with one attached hydrogen (secondary N) is 2. The number of nitrogens with two attached hydrogens (primary N) is 1. The van der Waals surface area contributed by atoms with Crippen LogP contribution >= 0.6 is 0 Å². The minimum Gasteiger partial charge on any atom is -0.493 e. The third kappa shape index (κ3) is 4.40. The molecule has 0 saturated carbocycles. The number of hydrogen-bond donors (Lipinski definition) is 3. The van der Waals surface area contributed by atoms with Crippen molar-refractivity contribution in [3.05, 3.63) is 60.2 Å². The molecule has 2 aromatic carbocycles. The molecule has 0 radical (unpaired) electrons. The van der Waals surface area contributed by atoms with Gasteiger partial charge in [-0.15, -0.1) is 0 Å². The van der Waals surface area contributed by atoms with Crippen LogP contribution in [0.25, 0.3) is 0 Å². The van der Waals surface area contributed by atoms with Gasteiger partial charge in [0.05, 0.1) is 19.9 Å². The highest BCUT2D eigenvalue weighted by Crippen LogP contribution is 2.29. The van der Waals surface area contributed by atoms with E-state index in [0.29, 0.717) is 41.1 Å². The van der Waals surface area contributed by atoms with Gasteiger partial charge in [0, 0.05) is 6.54 Å². The molecule has 0 saturated heterocycles. The van der Waals surface area contributed by atoms with Crippen LogP contribution in [0, 0.1) is 5.82 Å². The summed E-state index contributed by atoms with van der Waals surface area (Å²) in [6.07, 6.45) is 2.10. The average Bonchev–Trinajstić information content (AvgIpc) is 2.72. The highest BCUT2D eigenvalue weighted by atomic mass is 19.1. The topological polar surface area (TPSA) is 94.3 Å². The molecule has 0 bridgehead atoms. The molecule has 0 aliphatic rings. The quantitative estimate of drug-likeness (QED) is 0.547. The number of para-hydroxylation sites is 1. The Morgan fingerprint density at radius 2 is 1.75 bits per heavy atom. The van der Waals surface area contributed by atoms with Gasteiger partial charge in [-0.25, -0.2) is 14.4 Å². The Kier molecular flexibility index (Phi) is 6.11. The maximum Gasteiger partial charge on any atom is 0.160 e. The van der Waals surface area contributed by atoms with E-state index in [4.69, 9.17) is 15.2 Å². The largest absolute Gasteiger partial charge is 0.493 e. The summed E-state index contributed by atoms with van der Waals surface area (Å²) < 4.78 is 24.4. The summed E-state index contributed by atoms with van der Waals surface area (Å²) in [6, 6.07) is 12.1. The van der Waals surface area contributed by atoms with E-state index in [-0.39, 0.29) is 5.82 Å². The number of rotatable bonds is 8. The van der Waals surface area contributed by atoms with Gasteiger partial charge in [0.2, 0.25) is 0 Å². The van der Waals surface area contributed by atoms with Crippen molar-refractivity contribution in [1.29, 1.82) is 0 Å². The summed E-state index contributed by atoms with van der Waals surface area (Å²) in [7, 11) is 3.20. The number of methoxy groups -OCH3 is 2. The molecule has 0 atom stereocenters. The lowest BCUT2D eigenvalue weighted by atomic mass is 10.1. The molecule has 28 heavy (non-hydrogen) atoms. The predicted molar refractivity (Wildman–Crippen MR) is 108 cm³/mol. The first-order valence-corrected chi connectivity index (χ1v) is 8.69. The Hall–Kier alpha value is -3.55. The molecule has 0 spiro atoms. The van der Waals surface area contributed by atoms with E-state index in [1.54, 1.807) is 32.4 Å². The van der Waals surface area contributed by atoms with E-state index in [1.165, 1.54) is 12.4 Å². The van der Waals surface area contributed by atoms with Crippen molar-refractivity contribution >= 4 is 23.0 Å². The maximum atomic E-state index is 13.8. The Balaban J connectivity index is 1.66. The Labute approximate surface area is 162 Å². The number of nitrogen functional groups attached to an aromatic ring is 1. The van der Waals surface area contributed by atoms with Gasteiger partial charge in [-0.3, -0.25) is 0 Å². The summed E-state index contributed by atoms with van der Waals surface area (Å²) in [6.45, 7) is 0.593. The van der Waals surface area contributed by atoms with Gasteiger partial charge in [0.25, 0.3) is 0 Å². The lowest BCUT2D eigenvalue weighted by molar-refractivity contribution is 0.354. The van der Waals surface area contributed by atoms with Gasteiger partial charge in [-0.1, -0.05) is 18.2 Å². The number of benzene rings is 2. The van der Waals surface area contributed by atoms with Crippen molar-refractivity contribution in [1.82, 2.24) is 9.97 Å². The molecular formula is C20H22FN5O2. The number of anilines is 4. The van der Waals surface area contributed by atoms with Gasteiger partial charge in [-0.2, -0.15) is 0 Å². The van der Waals surface area contributed by atoms with Crippen LogP contribution in [0.3, 0.4) is 0 Å². The molecule has 4 N–H and O–H groups in total. The zero-order valence-corrected chi connectivity index (χ0v) is 15.7. The maximum absolute atomic E-state index is 13.8. The number of aromatic nitrogens is 2. The van der Waals surface area contributed by atoms with Gasteiger partial charge in [0.1, 0.15) is 17.8 Å². The molecule has 3 aromatic rings. The first-order chi connectivity index (χ1) is 13.6. The lowest BCUT2D eigenvalue weighted by Crippen LogP contribution is -2.11. The molecular weight excluding hydrogens is 361 g/mol. The normalized spacial score (nSPS) is 10.4. The fourth-order valence-corrected chi connectivity index (χ4v) is 2.69.